The molecular formula is C22H22Cl2N4O2. The van der Waals surface area contributed by atoms with E-state index in [1.165, 1.54) is 0 Å². The first-order valence-electron chi connectivity index (χ1n) is 9.91. The average Bonchev–Trinajstić information content (AvgIpc) is 3.23. The molecule has 2 aromatic carbocycles. The Labute approximate surface area is 185 Å². The fraction of sp³-hybridized carbons (Fsp3) is 0.318. The highest BCUT2D eigenvalue weighted by Crippen LogP contribution is 2.25. The summed E-state index contributed by atoms with van der Waals surface area (Å²) >= 11 is 12.5. The molecule has 6 nitrogen and oxygen atoms in total. The summed E-state index contributed by atoms with van der Waals surface area (Å²) in [5.41, 5.74) is 1.78. The van der Waals surface area contributed by atoms with Gasteiger partial charge in [0.15, 0.2) is 0 Å². The third kappa shape index (κ3) is 5.01. The summed E-state index contributed by atoms with van der Waals surface area (Å²) in [5, 5.41) is 8.19. The molecule has 1 aliphatic rings. The molecule has 3 aromatic rings. The van der Waals surface area contributed by atoms with E-state index in [9.17, 15) is 4.79 Å². The van der Waals surface area contributed by atoms with E-state index in [1.54, 1.807) is 6.07 Å². The first-order valence-corrected chi connectivity index (χ1v) is 10.7. The summed E-state index contributed by atoms with van der Waals surface area (Å²) in [6, 6.07) is 15.1. The molecule has 30 heavy (non-hydrogen) atoms. The van der Waals surface area contributed by atoms with Crippen molar-refractivity contribution < 1.29 is 9.32 Å². The largest absolute Gasteiger partial charge is 0.347 e. The maximum atomic E-state index is 12.7. The normalized spacial score (nSPS) is 17.1. The van der Waals surface area contributed by atoms with Gasteiger partial charge < -0.3 is 9.84 Å². The van der Waals surface area contributed by atoms with Crippen molar-refractivity contribution in [1.82, 2.24) is 20.4 Å². The molecule has 156 valence electrons. The zero-order chi connectivity index (χ0) is 20.9. The molecule has 0 bridgehead atoms. The molecule has 0 aliphatic carbocycles. The third-order valence-electron chi connectivity index (χ3n) is 5.22. The van der Waals surface area contributed by atoms with Gasteiger partial charge in [-0.25, -0.2) is 0 Å². The van der Waals surface area contributed by atoms with E-state index in [4.69, 9.17) is 27.7 Å². The van der Waals surface area contributed by atoms with Crippen LogP contribution in [0, 0.1) is 5.92 Å². The molecule has 1 N–H and O–H groups in total. The Balaban J connectivity index is 1.32. The van der Waals surface area contributed by atoms with Gasteiger partial charge in [0.25, 0.3) is 0 Å². The van der Waals surface area contributed by atoms with Crippen LogP contribution < -0.4 is 5.32 Å². The van der Waals surface area contributed by atoms with Crippen LogP contribution in [0.2, 0.25) is 10.0 Å². The highest BCUT2D eigenvalue weighted by atomic mass is 35.5. The quantitative estimate of drug-likeness (QED) is 0.602. The van der Waals surface area contributed by atoms with Crippen LogP contribution in [0.3, 0.4) is 0 Å². The Kier molecular flexibility index (Phi) is 6.67. The van der Waals surface area contributed by atoms with Crippen LogP contribution in [0.25, 0.3) is 11.4 Å². The van der Waals surface area contributed by atoms with Crippen molar-refractivity contribution >= 4 is 29.1 Å². The minimum absolute atomic E-state index is 0.00338. The van der Waals surface area contributed by atoms with Crippen molar-refractivity contribution in [1.29, 1.82) is 0 Å². The molecule has 0 radical (unpaired) electrons. The van der Waals surface area contributed by atoms with Crippen LogP contribution in [-0.2, 0) is 17.9 Å². The van der Waals surface area contributed by atoms with E-state index in [-0.39, 0.29) is 18.4 Å². The lowest BCUT2D eigenvalue weighted by molar-refractivity contribution is -0.127. The van der Waals surface area contributed by atoms with Gasteiger partial charge in [-0.05, 0) is 43.1 Å². The smallest absolute Gasteiger partial charge is 0.246 e. The zero-order valence-corrected chi connectivity index (χ0v) is 17.9. The Hall–Kier alpha value is -2.41. The number of nitrogens with zero attached hydrogens (tertiary/aromatic N) is 3. The van der Waals surface area contributed by atoms with Crippen molar-refractivity contribution in [3.05, 3.63) is 70.0 Å². The fourth-order valence-electron chi connectivity index (χ4n) is 3.67. The van der Waals surface area contributed by atoms with Gasteiger partial charge in [-0.2, -0.15) is 4.98 Å². The number of hydrogen-bond acceptors (Lipinski definition) is 5. The summed E-state index contributed by atoms with van der Waals surface area (Å²) in [6.07, 6.45) is 1.83. The molecule has 4 rings (SSSR count). The average molecular weight is 445 g/mol. The van der Waals surface area contributed by atoms with E-state index >= 15 is 0 Å². The molecule has 0 spiro atoms. The van der Waals surface area contributed by atoms with E-state index in [0.29, 0.717) is 28.8 Å². The molecule has 2 heterocycles. The first-order chi connectivity index (χ1) is 14.6. The van der Waals surface area contributed by atoms with E-state index in [2.05, 4.69) is 20.4 Å². The van der Waals surface area contributed by atoms with Crippen molar-refractivity contribution in [3.63, 3.8) is 0 Å². The zero-order valence-electron chi connectivity index (χ0n) is 16.4. The lowest BCUT2D eigenvalue weighted by Gasteiger charge is -2.32. The van der Waals surface area contributed by atoms with Crippen molar-refractivity contribution in [3.8, 4) is 11.4 Å². The van der Waals surface area contributed by atoms with Gasteiger partial charge in [0.2, 0.25) is 17.6 Å². The summed E-state index contributed by atoms with van der Waals surface area (Å²) in [5.74, 6) is 0.680. The lowest BCUT2D eigenvalue weighted by atomic mass is 9.96. The number of nitrogens with one attached hydrogen (secondary N) is 1. The molecule has 1 aromatic heterocycles. The highest BCUT2D eigenvalue weighted by Gasteiger charge is 2.26. The standard InChI is InChI=1S/C22H22Cl2N4O2/c23-18-9-3-1-6-15(18)13-28-11-5-7-16(14-28)22(29)25-12-20-26-21(27-30-20)17-8-2-4-10-19(17)24/h1-4,6,8-10,16H,5,7,11-14H2,(H,25,29)/t16-/m0/s1. The summed E-state index contributed by atoms with van der Waals surface area (Å²) < 4.78 is 5.27. The van der Waals surface area contributed by atoms with Crippen molar-refractivity contribution in [2.75, 3.05) is 13.1 Å². The van der Waals surface area contributed by atoms with Crippen molar-refractivity contribution in [2.24, 2.45) is 5.92 Å². The molecule has 1 aliphatic heterocycles. The number of benzene rings is 2. The van der Waals surface area contributed by atoms with Crippen LogP contribution >= 0.6 is 23.2 Å². The minimum atomic E-state index is -0.0767. The summed E-state index contributed by atoms with van der Waals surface area (Å²) in [6.45, 7) is 2.59. The second-order valence-electron chi connectivity index (χ2n) is 7.38. The number of carbonyl (C=O) groups is 1. The number of halogens is 2. The number of rotatable bonds is 6. The Bertz CT molecular complexity index is 1020. The Morgan fingerprint density at radius 1 is 1.13 bits per heavy atom. The number of likely N-dealkylation sites (tertiary alicyclic amines) is 1. The van der Waals surface area contributed by atoms with Gasteiger partial charge >= 0.3 is 0 Å². The first kappa shape index (κ1) is 20.8. The second-order valence-corrected chi connectivity index (χ2v) is 8.19. The molecule has 8 heteroatoms. The minimum Gasteiger partial charge on any atom is -0.347 e. The second kappa shape index (κ2) is 9.60. The van der Waals surface area contributed by atoms with E-state index in [0.717, 1.165) is 36.5 Å². The summed E-state index contributed by atoms with van der Waals surface area (Å²) in [7, 11) is 0. The number of amides is 1. The fourth-order valence-corrected chi connectivity index (χ4v) is 4.08. The van der Waals surface area contributed by atoms with E-state index in [1.807, 2.05) is 42.5 Å². The molecule has 0 unspecified atom stereocenters. The number of hydrogen-bond donors (Lipinski definition) is 1. The van der Waals surface area contributed by atoms with Crippen LogP contribution in [-0.4, -0.2) is 34.0 Å². The molecule has 1 amide bonds. The number of carbonyl (C=O) groups excluding carboxylic acids is 1. The predicted molar refractivity (Wildman–Crippen MR) is 116 cm³/mol. The predicted octanol–water partition coefficient (Wildman–Crippen LogP) is 4.57. The van der Waals surface area contributed by atoms with Gasteiger partial charge in [-0.1, -0.05) is 58.7 Å². The highest BCUT2D eigenvalue weighted by molar-refractivity contribution is 6.33. The number of piperidine rings is 1. The molecule has 1 saturated heterocycles. The maximum Gasteiger partial charge on any atom is 0.246 e. The lowest BCUT2D eigenvalue weighted by Crippen LogP contribution is -2.42. The SMILES string of the molecule is O=C(NCc1nc(-c2ccccc2Cl)no1)[C@H]1CCCN(Cc2ccccc2Cl)C1. The van der Waals surface area contributed by atoms with Gasteiger partial charge in [0.05, 0.1) is 17.5 Å². The third-order valence-corrected chi connectivity index (χ3v) is 5.92. The van der Waals surface area contributed by atoms with E-state index < -0.39 is 0 Å². The molecule has 1 fully saturated rings. The van der Waals surface area contributed by atoms with Gasteiger partial charge in [0, 0.05) is 23.7 Å². The van der Waals surface area contributed by atoms with Gasteiger partial charge in [-0.3, -0.25) is 9.69 Å². The van der Waals surface area contributed by atoms with Crippen molar-refractivity contribution in [2.45, 2.75) is 25.9 Å². The monoisotopic (exact) mass is 444 g/mol. The molecule has 0 saturated carbocycles. The number of aromatic nitrogens is 2. The van der Waals surface area contributed by atoms with Gasteiger partial charge in [0.1, 0.15) is 0 Å². The topological polar surface area (TPSA) is 71.3 Å². The Morgan fingerprint density at radius 2 is 1.90 bits per heavy atom. The molecule has 1 atom stereocenters. The van der Waals surface area contributed by atoms with Crippen LogP contribution in [0.4, 0.5) is 0 Å². The summed E-state index contributed by atoms with van der Waals surface area (Å²) in [4.78, 5) is 19.3. The van der Waals surface area contributed by atoms with Gasteiger partial charge in [-0.15, -0.1) is 0 Å². The van der Waals surface area contributed by atoms with Crippen LogP contribution in [0.15, 0.2) is 53.1 Å². The van der Waals surface area contributed by atoms with Crippen LogP contribution in [0.5, 0.6) is 0 Å². The molecular weight excluding hydrogens is 423 g/mol. The Morgan fingerprint density at radius 3 is 2.70 bits per heavy atom. The maximum absolute atomic E-state index is 12.7. The van der Waals surface area contributed by atoms with Crippen LogP contribution in [0.1, 0.15) is 24.3 Å².